The summed E-state index contributed by atoms with van der Waals surface area (Å²) in [5.74, 6) is 1.15. The fourth-order valence-corrected chi connectivity index (χ4v) is 1.00. The van der Waals surface area contributed by atoms with E-state index in [1.165, 1.54) is 0 Å². The molecule has 0 saturated carbocycles. The van der Waals surface area contributed by atoms with Crippen molar-refractivity contribution in [3.05, 3.63) is 29.8 Å². The lowest BCUT2D eigenvalue weighted by Crippen LogP contribution is -1.93. The number of ether oxygens (including phenoxy) is 1. The summed E-state index contributed by atoms with van der Waals surface area (Å²) in [7, 11) is 0. The van der Waals surface area contributed by atoms with Gasteiger partial charge in [-0.05, 0) is 17.7 Å². The molecule has 1 aromatic rings. The summed E-state index contributed by atoms with van der Waals surface area (Å²) >= 11 is 5.61. The number of rotatable bonds is 3. The van der Waals surface area contributed by atoms with Gasteiger partial charge in [-0.2, -0.15) is 5.26 Å². The van der Waals surface area contributed by atoms with E-state index in [0.717, 1.165) is 5.56 Å². The minimum atomic E-state index is 0.0751. The van der Waals surface area contributed by atoms with Crippen LogP contribution in [-0.2, 0) is 5.88 Å². The highest BCUT2D eigenvalue weighted by Gasteiger charge is 1.94. The van der Waals surface area contributed by atoms with Crippen molar-refractivity contribution in [3.63, 3.8) is 0 Å². The lowest BCUT2D eigenvalue weighted by molar-refractivity contribution is 0.368. The van der Waals surface area contributed by atoms with E-state index in [1.807, 2.05) is 24.3 Å². The predicted octanol–water partition coefficient (Wildman–Crippen LogP) is 2.33. The Morgan fingerprint density at radius 2 is 2.33 bits per heavy atom. The first-order chi connectivity index (χ1) is 5.86. The molecule has 0 N–H and O–H groups in total. The summed E-state index contributed by atoms with van der Waals surface area (Å²) in [6.45, 7) is 0.0751. The second-order valence-corrected chi connectivity index (χ2v) is 2.50. The summed E-state index contributed by atoms with van der Waals surface area (Å²) in [6.07, 6.45) is 0. The molecule has 0 unspecified atom stereocenters. The molecular formula is C9H8ClNO. The van der Waals surface area contributed by atoms with Gasteiger partial charge in [-0.1, -0.05) is 12.1 Å². The summed E-state index contributed by atoms with van der Waals surface area (Å²) in [5, 5.41) is 8.25. The SMILES string of the molecule is N#CCOc1cccc(CCl)c1. The van der Waals surface area contributed by atoms with Crippen LogP contribution in [0.1, 0.15) is 5.56 Å². The van der Waals surface area contributed by atoms with Crippen molar-refractivity contribution in [2.75, 3.05) is 6.61 Å². The Labute approximate surface area is 76.3 Å². The highest BCUT2D eigenvalue weighted by molar-refractivity contribution is 6.17. The van der Waals surface area contributed by atoms with Gasteiger partial charge in [-0.15, -0.1) is 11.6 Å². The van der Waals surface area contributed by atoms with Crippen LogP contribution in [-0.4, -0.2) is 6.61 Å². The molecule has 0 aromatic heterocycles. The molecule has 0 heterocycles. The zero-order valence-electron chi connectivity index (χ0n) is 6.46. The van der Waals surface area contributed by atoms with E-state index in [4.69, 9.17) is 21.6 Å². The van der Waals surface area contributed by atoms with E-state index in [9.17, 15) is 0 Å². The lowest BCUT2D eigenvalue weighted by Gasteiger charge is -2.01. The summed E-state index contributed by atoms with van der Waals surface area (Å²) in [4.78, 5) is 0. The summed E-state index contributed by atoms with van der Waals surface area (Å²) in [6, 6.07) is 9.28. The molecule has 0 aliphatic carbocycles. The molecule has 0 spiro atoms. The monoisotopic (exact) mass is 181 g/mol. The molecule has 0 amide bonds. The molecule has 3 heteroatoms. The van der Waals surface area contributed by atoms with E-state index in [0.29, 0.717) is 11.6 Å². The minimum Gasteiger partial charge on any atom is -0.479 e. The maximum Gasteiger partial charge on any atom is 0.174 e. The molecular weight excluding hydrogens is 174 g/mol. The quantitative estimate of drug-likeness (QED) is 0.671. The first kappa shape index (κ1) is 8.89. The molecule has 0 saturated heterocycles. The average Bonchev–Trinajstić information content (AvgIpc) is 2.15. The molecule has 0 aliphatic rings. The van der Waals surface area contributed by atoms with E-state index in [-0.39, 0.29) is 6.61 Å². The maximum absolute atomic E-state index is 8.25. The fraction of sp³-hybridized carbons (Fsp3) is 0.222. The third-order valence-corrected chi connectivity index (χ3v) is 1.66. The van der Waals surface area contributed by atoms with Gasteiger partial charge in [0.2, 0.25) is 0 Å². The second-order valence-electron chi connectivity index (χ2n) is 2.23. The maximum atomic E-state index is 8.25. The van der Waals surface area contributed by atoms with Crippen molar-refractivity contribution < 1.29 is 4.74 Å². The largest absolute Gasteiger partial charge is 0.479 e. The Balaban J connectivity index is 2.67. The van der Waals surface area contributed by atoms with Crippen molar-refractivity contribution in [1.82, 2.24) is 0 Å². The number of nitrogens with zero attached hydrogens (tertiary/aromatic N) is 1. The number of halogens is 1. The Kier molecular flexibility index (Phi) is 3.43. The second kappa shape index (κ2) is 4.63. The van der Waals surface area contributed by atoms with Gasteiger partial charge in [0.05, 0.1) is 0 Å². The molecule has 1 aromatic carbocycles. The van der Waals surface area contributed by atoms with Gasteiger partial charge in [0.15, 0.2) is 6.61 Å². The number of nitriles is 1. The van der Waals surface area contributed by atoms with Crippen LogP contribution in [0.25, 0.3) is 0 Å². The zero-order valence-corrected chi connectivity index (χ0v) is 7.21. The third-order valence-electron chi connectivity index (χ3n) is 1.36. The van der Waals surface area contributed by atoms with Gasteiger partial charge in [0.25, 0.3) is 0 Å². The Morgan fingerprint density at radius 3 is 3.00 bits per heavy atom. The van der Waals surface area contributed by atoms with Gasteiger partial charge in [0, 0.05) is 5.88 Å². The van der Waals surface area contributed by atoms with Gasteiger partial charge in [0.1, 0.15) is 11.8 Å². The minimum absolute atomic E-state index is 0.0751. The molecule has 0 fully saturated rings. The zero-order chi connectivity index (χ0) is 8.81. The van der Waals surface area contributed by atoms with E-state index in [1.54, 1.807) is 6.07 Å². The molecule has 0 atom stereocenters. The fourth-order valence-electron chi connectivity index (χ4n) is 0.834. The summed E-state index contributed by atoms with van der Waals surface area (Å²) < 4.78 is 5.08. The van der Waals surface area contributed by atoms with Crippen LogP contribution < -0.4 is 4.74 Å². The van der Waals surface area contributed by atoms with Crippen LogP contribution in [0, 0.1) is 11.3 Å². The standard InChI is InChI=1S/C9H8ClNO/c10-7-8-2-1-3-9(6-8)12-5-4-11/h1-3,6H,5,7H2. The molecule has 0 radical (unpaired) electrons. The van der Waals surface area contributed by atoms with Gasteiger partial charge in [-0.25, -0.2) is 0 Å². The van der Waals surface area contributed by atoms with Gasteiger partial charge < -0.3 is 4.74 Å². The smallest absolute Gasteiger partial charge is 0.174 e. The van der Waals surface area contributed by atoms with Crippen molar-refractivity contribution in [3.8, 4) is 11.8 Å². The molecule has 1 rings (SSSR count). The molecule has 0 aliphatic heterocycles. The van der Waals surface area contributed by atoms with Crippen molar-refractivity contribution in [2.45, 2.75) is 5.88 Å². The topological polar surface area (TPSA) is 33.0 Å². The normalized spacial score (nSPS) is 9.00. The number of hydrogen-bond donors (Lipinski definition) is 0. The van der Waals surface area contributed by atoms with Crippen LogP contribution in [0.5, 0.6) is 5.75 Å². The molecule has 0 bridgehead atoms. The Hall–Kier alpha value is -1.20. The summed E-state index contributed by atoms with van der Waals surface area (Å²) in [5.41, 5.74) is 0.993. The van der Waals surface area contributed by atoms with Crippen molar-refractivity contribution >= 4 is 11.6 Å². The van der Waals surface area contributed by atoms with Crippen LogP contribution >= 0.6 is 11.6 Å². The average molecular weight is 182 g/mol. The van der Waals surface area contributed by atoms with Crippen LogP contribution in [0.4, 0.5) is 0 Å². The Morgan fingerprint density at radius 1 is 1.50 bits per heavy atom. The van der Waals surface area contributed by atoms with E-state index in [2.05, 4.69) is 0 Å². The van der Waals surface area contributed by atoms with Gasteiger partial charge >= 0.3 is 0 Å². The van der Waals surface area contributed by atoms with Crippen molar-refractivity contribution in [2.24, 2.45) is 0 Å². The van der Waals surface area contributed by atoms with E-state index < -0.39 is 0 Å². The lowest BCUT2D eigenvalue weighted by atomic mass is 10.2. The number of benzene rings is 1. The molecule has 12 heavy (non-hydrogen) atoms. The first-order valence-corrected chi connectivity index (χ1v) is 4.05. The van der Waals surface area contributed by atoms with Crippen molar-refractivity contribution in [1.29, 1.82) is 5.26 Å². The van der Waals surface area contributed by atoms with E-state index >= 15 is 0 Å². The first-order valence-electron chi connectivity index (χ1n) is 3.51. The third kappa shape index (κ3) is 2.44. The molecule has 62 valence electrons. The Bertz CT molecular complexity index is 293. The van der Waals surface area contributed by atoms with Crippen LogP contribution in [0.3, 0.4) is 0 Å². The van der Waals surface area contributed by atoms with Gasteiger partial charge in [-0.3, -0.25) is 0 Å². The number of alkyl halides is 1. The van der Waals surface area contributed by atoms with Crippen LogP contribution in [0.15, 0.2) is 24.3 Å². The number of hydrogen-bond acceptors (Lipinski definition) is 2. The molecule has 2 nitrogen and oxygen atoms in total. The highest BCUT2D eigenvalue weighted by Crippen LogP contribution is 2.14. The predicted molar refractivity (Wildman–Crippen MR) is 47.1 cm³/mol. The van der Waals surface area contributed by atoms with Crippen LogP contribution in [0.2, 0.25) is 0 Å². The highest BCUT2D eigenvalue weighted by atomic mass is 35.5.